The zero-order chi connectivity index (χ0) is 11.3. The highest BCUT2D eigenvalue weighted by atomic mass is 32.1. The molecule has 1 heterocycles. The highest BCUT2D eigenvalue weighted by molar-refractivity contribution is 7.09. The van der Waals surface area contributed by atoms with E-state index in [0.29, 0.717) is 13.0 Å². The van der Waals surface area contributed by atoms with Gasteiger partial charge in [-0.05, 0) is 12.8 Å². The largest absolute Gasteiger partial charge is 0.329 e. The summed E-state index contributed by atoms with van der Waals surface area (Å²) in [5.74, 6) is 0.227. The molecule has 0 aliphatic heterocycles. The highest BCUT2D eigenvalue weighted by Crippen LogP contribution is 2.27. The van der Waals surface area contributed by atoms with Gasteiger partial charge in [-0.1, -0.05) is 13.8 Å². The topological polar surface area (TPSA) is 56.0 Å². The summed E-state index contributed by atoms with van der Waals surface area (Å²) in [5, 5.41) is 2.78. The monoisotopic (exact) mass is 226 g/mol. The molecule has 0 aliphatic rings. The molecule has 15 heavy (non-hydrogen) atoms. The number of thiazole rings is 1. The van der Waals surface area contributed by atoms with Gasteiger partial charge in [0.15, 0.2) is 0 Å². The van der Waals surface area contributed by atoms with Crippen LogP contribution in [0, 0.1) is 5.41 Å². The number of rotatable bonds is 6. The van der Waals surface area contributed by atoms with Crippen molar-refractivity contribution in [3.8, 4) is 0 Å². The standard InChI is InChI=1S/C11H18N2OS/c1-3-11(4-2,8-12)9(14)7-10-13-5-6-15-10/h5-6H,3-4,7-8,12H2,1-2H3. The van der Waals surface area contributed by atoms with Gasteiger partial charge in [-0.2, -0.15) is 0 Å². The summed E-state index contributed by atoms with van der Waals surface area (Å²) in [5.41, 5.74) is 5.38. The Balaban J connectivity index is 2.73. The summed E-state index contributed by atoms with van der Waals surface area (Å²) >= 11 is 1.53. The van der Waals surface area contributed by atoms with E-state index < -0.39 is 0 Å². The molecule has 2 N–H and O–H groups in total. The van der Waals surface area contributed by atoms with Crippen LogP contribution in [0.25, 0.3) is 0 Å². The van der Waals surface area contributed by atoms with Crippen molar-refractivity contribution in [1.29, 1.82) is 0 Å². The van der Waals surface area contributed by atoms with E-state index in [2.05, 4.69) is 4.98 Å². The van der Waals surface area contributed by atoms with Crippen LogP contribution < -0.4 is 5.73 Å². The van der Waals surface area contributed by atoms with Gasteiger partial charge < -0.3 is 5.73 Å². The van der Waals surface area contributed by atoms with Gasteiger partial charge in [0.05, 0.1) is 11.4 Å². The lowest BCUT2D eigenvalue weighted by atomic mass is 9.77. The number of carbonyl (C=O) groups is 1. The third kappa shape index (κ3) is 2.63. The molecule has 0 aromatic carbocycles. The Labute approximate surface area is 94.7 Å². The van der Waals surface area contributed by atoms with E-state index >= 15 is 0 Å². The van der Waals surface area contributed by atoms with Gasteiger partial charge in [0.1, 0.15) is 5.78 Å². The van der Waals surface area contributed by atoms with E-state index in [1.54, 1.807) is 6.20 Å². The van der Waals surface area contributed by atoms with Crippen LogP contribution in [0.15, 0.2) is 11.6 Å². The summed E-state index contributed by atoms with van der Waals surface area (Å²) in [7, 11) is 0. The number of ketones is 1. The SMILES string of the molecule is CCC(CC)(CN)C(=O)Cc1nccs1. The Morgan fingerprint density at radius 2 is 2.20 bits per heavy atom. The van der Waals surface area contributed by atoms with E-state index in [1.807, 2.05) is 19.2 Å². The fraction of sp³-hybridized carbons (Fsp3) is 0.636. The minimum atomic E-state index is -0.342. The normalized spacial score (nSPS) is 11.7. The Morgan fingerprint density at radius 3 is 2.60 bits per heavy atom. The van der Waals surface area contributed by atoms with Gasteiger partial charge in [0, 0.05) is 23.5 Å². The maximum absolute atomic E-state index is 12.1. The average Bonchev–Trinajstić information content (AvgIpc) is 2.74. The smallest absolute Gasteiger partial charge is 0.147 e. The molecule has 1 aromatic heterocycles. The van der Waals surface area contributed by atoms with Crippen LogP contribution in [0.4, 0.5) is 0 Å². The van der Waals surface area contributed by atoms with Crippen molar-refractivity contribution < 1.29 is 4.79 Å². The first-order valence-electron chi connectivity index (χ1n) is 5.30. The Morgan fingerprint density at radius 1 is 1.53 bits per heavy atom. The number of carbonyl (C=O) groups excluding carboxylic acids is 1. The van der Waals surface area contributed by atoms with E-state index in [0.717, 1.165) is 17.8 Å². The lowest BCUT2D eigenvalue weighted by Crippen LogP contribution is -2.38. The second kappa shape index (κ2) is 5.37. The quantitative estimate of drug-likeness (QED) is 0.807. The first-order chi connectivity index (χ1) is 7.18. The maximum atomic E-state index is 12.1. The van der Waals surface area contributed by atoms with Gasteiger partial charge in [-0.15, -0.1) is 11.3 Å². The van der Waals surface area contributed by atoms with Crippen molar-refractivity contribution >= 4 is 17.1 Å². The van der Waals surface area contributed by atoms with Crippen LogP contribution in [0.1, 0.15) is 31.7 Å². The molecule has 1 rings (SSSR count). The van der Waals surface area contributed by atoms with Crippen molar-refractivity contribution in [2.75, 3.05) is 6.54 Å². The zero-order valence-electron chi connectivity index (χ0n) is 9.32. The number of Topliss-reactive ketones (excluding diaryl/α,β-unsaturated/α-hetero) is 1. The molecule has 0 fully saturated rings. The summed E-state index contributed by atoms with van der Waals surface area (Å²) < 4.78 is 0. The van der Waals surface area contributed by atoms with Gasteiger partial charge in [0.25, 0.3) is 0 Å². The molecule has 0 spiro atoms. The number of hydrogen-bond acceptors (Lipinski definition) is 4. The third-order valence-electron chi connectivity index (χ3n) is 3.13. The Bertz CT molecular complexity index is 296. The first kappa shape index (κ1) is 12.3. The van der Waals surface area contributed by atoms with Crippen molar-refractivity contribution in [2.45, 2.75) is 33.1 Å². The van der Waals surface area contributed by atoms with Gasteiger partial charge >= 0.3 is 0 Å². The zero-order valence-corrected chi connectivity index (χ0v) is 10.1. The van der Waals surface area contributed by atoms with Crippen LogP contribution >= 0.6 is 11.3 Å². The van der Waals surface area contributed by atoms with Gasteiger partial charge in [-0.3, -0.25) is 4.79 Å². The predicted molar refractivity (Wildman–Crippen MR) is 62.9 cm³/mol. The molecule has 0 aliphatic carbocycles. The summed E-state index contributed by atoms with van der Waals surface area (Å²) in [6, 6.07) is 0. The summed E-state index contributed by atoms with van der Waals surface area (Å²) in [6.45, 7) is 4.48. The molecule has 0 saturated carbocycles. The van der Waals surface area contributed by atoms with Crippen molar-refractivity contribution in [2.24, 2.45) is 11.1 Å². The summed E-state index contributed by atoms with van der Waals surface area (Å²) in [6.07, 6.45) is 3.78. The number of aromatic nitrogens is 1. The van der Waals surface area contributed by atoms with Crippen LogP contribution in [0.2, 0.25) is 0 Å². The molecule has 84 valence electrons. The highest BCUT2D eigenvalue weighted by Gasteiger charge is 2.33. The van der Waals surface area contributed by atoms with E-state index in [4.69, 9.17) is 5.73 Å². The molecule has 0 bridgehead atoms. The molecule has 0 atom stereocenters. The van der Waals surface area contributed by atoms with Crippen LogP contribution in [0.5, 0.6) is 0 Å². The lowest BCUT2D eigenvalue weighted by molar-refractivity contribution is -0.128. The summed E-state index contributed by atoms with van der Waals surface area (Å²) in [4.78, 5) is 16.2. The van der Waals surface area contributed by atoms with Crippen molar-refractivity contribution in [3.63, 3.8) is 0 Å². The third-order valence-corrected chi connectivity index (χ3v) is 3.91. The minimum Gasteiger partial charge on any atom is -0.329 e. The first-order valence-corrected chi connectivity index (χ1v) is 6.18. The van der Waals surface area contributed by atoms with Crippen LogP contribution in [-0.4, -0.2) is 17.3 Å². The Kier molecular flexibility index (Phi) is 4.42. The molecule has 0 unspecified atom stereocenters. The molecule has 0 amide bonds. The van der Waals surface area contributed by atoms with Crippen LogP contribution in [-0.2, 0) is 11.2 Å². The molecule has 4 heteroatoms. The van der Waals surface area contributed by atoms with Crippen molar-refractivity contribution in [1.82, 2.24) is 4.98 Å². The molecule has 3 nitrogen and oxygen atoms in total. The number of nitrogens with zero attached hydrogens (tertiary/aromatic N) is 1. The van der Waals surface area contributed by atoms with Gasteiger partial charge in [0.2, 0.25) is 0 Å². The fourth-order valence-electron chi connectivity index (χ4n) is 1.71. The predicted octanol–water partition coefficient (Wildman–Crippen LogP) is 2.02. The van der Waals surface area contributed by atoms with Crippen LogP contribution in [0.3, 0.4) is 0 Å². The number of hydrogen-bond donors (Lipinski definition) is 1. The van der Waals surface area contributed by atoms with E-state index in [9.17, 15) is 4.79 Å². The minimum absolute atomic E-state index is 0.227. The lowest BCUT2D eigenvalue weighted by Gasteiger charge is -2.27. The molecule has 0 saturated heterocycles. The average molecular weight is 226 g/mol. The Hall–Kier alpha value is -0.740. The number of nitrogens with two attached hydrogens (primary N) is 1. The van der Waals surface area contributed by atoms with E-state index in [-0.39, 0.29) is 11.2 Å². The second-order valence-corrected chi connectivity index (χ2v) is 4.70. The van der Waals surface area contributed by atoms with E-state index in [1.165, 1.54) is 11.3 Å². The molecular formula is C11H18N2OS. The second-order valence-electron chi connectivity index (χ2n) is 3.72. The maximum Gasteiger partial charge on any atom is 0.147 e. The molecule has 1 aromatic rings. The molecule has 0 radical (unpaired) electrons. The molecular weight excluding hydrogens is 208 g/mol. The fourth-order valence-corrected chi connectivity index (χ4v) is 2.33. The van der Waals surface area contributed by atoms with Crippen molar-refractivity contribution in [3.05, 3.63) is 16.6 Å². The van der Waals surface area contributed by atoms with Gasteiger partial charge in [-0.25, -0.2) is 4.98 Å².